The molecule has 1 heterocycles. The number of fused-ring (bicyclic) bond motifs is 1. The van der Waals surface area contributed by atoms with Gasteiger partial charge >= 0.3 is 12.4 Å². The molecule has 27 heavy (non-hydrogen) atoms. The van der Waals surface area contributed by atoms with E-state index < -0.39 is 67.5 Å². The quantitative estimate of drug-likeness (QED) is 0.629. The van der Waals surface area contributed by atoms with E-state index in [1.54, 1.807) is 0 Å². The zero-order valence-electron chi connectivity index (χ0n) is 14.8. The van der Waals surface area contributed by atoms with Crippen molar-refractivity contribution in [1.82, 2.24) is 10.6 Å². The van der Waals surface area contributed by atoms with Gasteiger partial charge in [0.25, 0.3) is 0 Å². The molecule has 158 valence electrons. The second-order valence-electron chi connectivity index (χ2n) is 8.33. The molecule has 4 N–H and O–H groups in total. The standard InChI is InChI=1S/C17H26F7N3/c18-10-3-1-2-8(4-10)5-12(25)15-26-13-7-9(16(19,20)21)6-11(14(13)27-15)17(22,23)24/h8-15,26-27H,1-7,25H2/t8?,9?,10?,11?,12-,13?,14?,15?/m1/s1. The molecular formula is C17H26F7N3. The van der Waals surface area contributed by atoms with Gasteiger partial charge in [-0.15, -0.1) is 0 Å². The maximum Gasteiger partial charge on any atom is 0.393 e. The summed E-state index contributed by atoms with van der Waals surface area (Å²) in [6.07, 6.45) is -9.42. The summed E-state index contributed by atoms with van der Waals surface area (Å²) in [6, 6.07) is -2.64. The summed E-state index contributed by atoms with van der Waals surface area (Å²) < 4.78 is 92.9. The molecule has 3 fully saturated rings. The van der Waals surface area contributed by atoms with Gasteiger partial charge in [0.15, 0.2) is 0 Å². The molecular weight excluding hydrogens is 379 g/mol. The molecule has 3 rings (SSSR count). The van der Waals surface area contributed by atoms with Crippen LogP contribution in [0, 0.1) is 17.8 Å². The van der Waals surface area contributed by atoms with Gasteiger partial charge in [0.05, 0.1) is 18.0 Å². The Labute approximate surface area is 153 Å². The monoisotopic (exact) mass is 405 g/mol. The van der Waals surface area contributed by atoms with Crippen molar-refractivity contribution in [3.63, 3.8) is 0 Å². The number of nitrogens with one attached hydrogen (secondary N) is 2. The first-order valence-corrected chi connectivity index (χ1v) is 9.50. The first kappa shape index (κ1) is 21.1. The van der Waals surface area contributed by atoms with Crippen molar-refractivity contribution in [1.29, 1.82) is 0 Å². The fourth-order valence-electron chi connectivity index (χ4n) is 4.99. The molecule has 3 aliphatic rings. The first-order chi connectivity index (χ1) is 12.4. The van der Waals surface area contributed by atoms with Gasteiger partial charge in [-0.3, -0.25) is 10.6 Å². The van der Waals surface area contributed by atoms with E-state index in [0.29, 0.717) is 19.3 Å². The third-order valence-corrected chi connectivity index (χ3v) is 6.35. The minimum Gasteiger partial charge on any atom is -0.325 e. The third kappa shape index (κ3) is 4.87. The summed E-state index contributed by atoms with van der Waals surface area (Å²) >= 11 is 0. The third-order valence-electron chi connectivity index (χ3n) is 6.35. The summed E-state index contributed by atoms with van der Waals surface area (Å²) in [5.41, 5.74) is 6.13. The number of nitrogens with two attached hydrogens (primary N) is 1. The highest BCUT2D eigenvalue weighted by atomic mass is 19.4. The van der Waals surface area contributed by atoms with Gasteiger partial charge < -0.3 is 5.73 Å². The average Bonchev–Trinajstić information content (AvgIpc) is 2.96. The number of hydrogen-bond acceptors (Lipinski definition) is 3. The summed E-state index contributed by atoms with van der Waals surface area (Å²) in [4.78, 5) is 0. The highest BCUT2D eigenvalue weighted by Crippen LogP contribution is 2.47. The Bertz CT molecular complexity index is 510. The SMILES string of the molecule is N[C@H](CC1CCCC(F)C1)C1NC2CC(C(F)(F)F)CC(C(F)(F)F)C2N1. The molecule has 3 nitrogen and oxygen atoms in total. The summed E-state index contributed by atoms with van der Waals surface area (Å²) in [5, 5.41) is 5.67. The second-order valence-corrected chi connectivity index (χ2v) is 8.33. The topological polar surface area (TPSA) is 50.1 Å². The predicted octanol–water partition coefficient (Wildman–Crippen LogP) is 3.64. The highest BCUT2D eigenvalue weighted by molar-refractivity contribution is 5.06. The average molecular weight is 405 g/mol. The van der Waals surface area contributed by atoms with Crippen LogP contribution in [-0.4, -0.2) is 42.8 Å². The number of rotatable bonds is 3. The maximum atomic E-state index is 13.5. The van der Waals surface area contributed by atoms with E-state index in [0.717, 1.165) is 12.8 Å². The van der Waals surface area contributed by atoms with Crippen molar-refractivity contribution in [3.05, 3.63) is 0 Å². The lowest BCUT2D eigenvalue weighted by molar-refractivity contribution is -0.228. The summed E-state index contributed by atoms with van der Waals surface area (Å²) in [6.45, 7) is 0. The predicted molar refractivity (Wildman–Crippen MR) is 85.4 cm³/mol. The lowest BCUT2D eigenvalue weighted by atomic mass is 9.75. The lowest BCUT2D eigenvalue weighted by Crippen LogP contribution is -2.54. The fourth-order valence-corrected chi connectivity index (χ4v) is 4.99. The van der Waals surface area contributed by atoms with Gasteiger partial charge in [-0.25, -0.2) is 4.39 Å². The van der Waals surface area contributed by atoms with Gasteiger partial charge in [0, 0.05) is 18.1 Å². The minimum absolute atomic E-state index is 0.0521. The van der Waals surface area contributed by atoms with Crippen LogP contribution in [0.4, 0.5) is 30.7 Å². The fraction of sp³-hybridized carbons (Fsp3) is 1.00. The first-order valence-electron chi connectivity index (χ1n) is 9.50. The molecule has 7 unspecified atom stereocenters. The van der Waals surface area contributed by atoms with E-state index in [9.17, 15) is 30.7 Å². The zero-order chi connectivity index (χ0) is 20.0. The van der Waals surface area contributed by atoms with Crippen LogP contribution in [0.5, 0.6) is 0 Å². The van der Waals surface area contributed by atoms with Gasteiger partial charge in [0.2, 0.25) is 0 Å². The Morgan fingerprint density at radius 1 is 0.926 bits per heavy atom. The van der Waals surface area contributed by atoms with Crippen LogP contribution in [0.1, 0.15) is 44.9 Å². The molecule has 0 spiro atoms. The molecule has 0 radical (unpaired) electrons. The number of alkyl halides is 7. The number of halogens is 7. The van der Waals surface area contributed by atoms with Crippen molar-refractivity contribution >= 4 is 0 Å². The molecule has 0 aromatic carbocycles. The molecule has 10 heteroatoms. The largest absolute Gasteiger partial charge is 0.393 e. The smallest absolute Gasteiger partial charge is 0.325 e. The number of hydrogen-bond donors (Lipinski definition) is 3. The van der Waals surface area contributed by atoms with E-state index in [2.05, 4.69) is 10.6 Å². The maximum absolute atomic E-state index is 13.5. The van der Waals surface area contributed by atoms with Crippen LogP contribution in [0.3, 0.4) is 0 Å². The molecule has 2 aliphatic carbocycles. The second kappa shape index (κ2) is 7.67. The van der Waals surface area contributed by atoms with E-state index in [1.807, 2.05) is 0 Å². The summed E-state index contributed by atoms with van der Waals surface area (Å²) in [5.74, 6) is -4.01. The zero-order valence-corrected chi connectivity index (χ0v) is 14.8. The normalized spacial score (nSPS) is 42.0. The van der Waals surface area contributed by atoms with E-state index in [-0.39, 0.29) is 5.92 Å². The lowest BCUT2D eigenvalue weighted by Gasteiger charge is -2.39. The Morgan fingerprint density at radius 2 is 1.63 bits per heavy atom. The van der Waals surface area contributed by atoms with Crippen molar-refractivity contribution in [2.45, 2.75) is 87.8 Å². The molecule has 1 saturated heterocycles. The molecule has 0 amide bonds. The van der Waals surface area contributed by atoms with Crippen LogP contribution in [-0.2, 0) is 0 Å². The van der Waals surface area contributed by atoms with Gasteiger partial charge in [-0.05, 0) is 38.0 Å². The van der Waals surface area contributed by atoms with Crippen molar-refractivity contribution in [2.24, 2.45) is 23.5 Å². The van der Waals surface area contributed by atoms with E-state index >= 15 is 0 Å². The Morgan fingerprint density at radius 3 is 2.22 bits per heavy atom. The van der Waals surface area contributed by atoms with Crippen LogP contribution in [0.25, 0.3) is 0 Å². The van der Waals surface area contributed by atoms with Gasteiger partial charge in [-0.2, -0.15) is 26.3 Å². The Balaban J connectivity index is 1.67. The molecule has 1 aliphatic heterocycles. The van der Waals surface area contributed by atoms with Crippen LogP contribution in [0.15, 0.2) is 0 Å². The molecule has 0 aromatic rings. The minimum atomic E-state index is -4.72. The Hall–Kier alpha value is -0.610. The van der Waals surface area contributed by atoms with Crippen molar-refractivity contribution in [3.8, 4) is 0 Å². The van der Waals surface area contributed by atoms with E-state index in [1.165, 1.54) is 0 Å². The Kier molecular flexibility index (Phi) is 5.99. The molecule has 8 atom stereocenters. The van der Waals surface area contributed by atoms with Crippen LogP contribution in [0.2, 0.25) is 0 Å². The van der Waals surface area contributed by atoms with Gasteiger partial charge in [-0.1, -0.05) is 12.8 Å². The van der Waals surface area contributed by atoms with Crippen LogP contribution < -0.4 is 16.4 Å². The van der Waals surface area contributed by atoms with Crippen molar-refractivity contribution in [2.75, 3.05) is 0 Å². The van der Waals surface area contributed by atoms with Gasteiger partial charge in [0.1, 0.15) is 6.17 Å². The molecule has 0 aromatic heterocycles. The van der Waals surface area contributed by atoms with E-state index in [4.69, 9.17) is 5.73 Å². The molecule has 0 bridgehead atoms. The molecule has 2 saturated carbocycles. The van der Waals surface area contributed by atoms with Crippen LogP contribution >= 0.6 is 0 Å². The van der Waals surface area contributed by atoms with Crippen molar-refractivity contribution < 1.29 is 30.7 Å². The summed E-state index contributed by atoms with van der Waals surface area (Å²) in [7, 11) is 0. The highest BCUT2D eigenvalue weighted by Gasteiger charge is 2.58.